The number of nitrogens with one attached hydrogen (secondary N) is 2. The lowest BCUT2D eigenvalue weighted by Gasteiger charge is -2.08. The molecule has 0 unspecified atom stereocenters. The van der Waals surface area contributed by atoms with Gasteiger partial charge in [0.2, 0.25) is 0 Å². The van der Waals surface area contributed by atoms with E-state index in [0.717, 1.165) is 0 Å². The lowest BCUT2D eigenvalue weighted by Crippen LogP contribution is -2.37. The van der Waals surface area contributed by atoms with Crippen LogP contribution in [0.1, 0.15) is 10.4 Å². The van der Waals surface area contributed by atoms with E-state index in [-0.39, 0.29) is 34.7 Å². The highest BCUT2D eigenvalue weighted by Gasteiger charge is 2.10. The minimum atomic E-state index is -0.650. The third kappa shape index (κ3) is 3.97. The molecule has 1 aromatic carbocycles. The second kappa shape index (κ2) is 6.32. The Labute approximate surface area is 114 Å². The van der Waals surface area contributed by atoms with E-state index in [9.17, 15) is 9.59 Å². The number of halogens is 2. The fourth-order valence-corrected chi connectivity index (χ4v) is 1.54. The van der Waals surface area contributed by atoms with Crippen molar-refractivity contribution in [3.05, 3.63) is 27.7 Å². The van der Waals surface area contributed by atoms with Crippen molar-refractivity contribution >= 4 is 40.8 Å². The van der Waals surface area contributed by atoms with Crippen LogP contribution in [0.3, 0.4) is 0 Å². The summed E-state index contributed by atoms with van der Waals surface area (Å²) in [6.07, 6.45) is 0. The fraction of sp³-hybridized carbons (Fsp3) is 0.200. The van der Waals surface area contributed by atoms with Crippen LogP contribution in [0.25, 0.3) is 0 Å². The van der Waals surface area contributed by atoms with Crippen molar-refractivity contribution in [2.24, 2.45) is 5.73 Å². The molecule has 0 atom stereocenters. The van der Waals surface area contributed by atoms with Crippen LogP contribution < -0.4 is 22.1 Å². The van der Waals surface area contributed by atoms with Gasteiger partial charge in [-0.1, -0.05) is 23.2 Å². The first-order valence-corrected chi connectivity index (χ1v) is 5.73. The molecule has 0 aliphatic rings. The van der Waals surface area contributed by atoms with Crippen LogP contribution in [0.15, 0.2) is 12.1 Å². The van der Waals surface area contributed by atoms with E-state index in [1.54, 1.807) is 0 Å². The molecule has 3 amide bonds. The fourth-order valence-electron chi connectivity index (χ4n) is 1.21. The summed E-state index contributed by atoms with van der Waals surface area (Å²) in [7, 11) is 0. The molecule has 8 heteroatoms. The maximum Gasteiger partial charge on any atom is 0.312 e. The zero-order valence-corrected chi connectivity index (χ0v) is 10.8. The zero-order valence-electron chi connectivity index (χ0n) is 9.30. The van der Waals surface area contributed by atoms with E-state index in [1.165, 1.54) is 12.1 Å². The molecule has 0 radical (unpaired) electrons. The molecule has 1 rings (SSSR count). The molecule has 0 saturated heterocycles. The van der Waals surface area contributed by atoms with Crippen LogP contribution in [-0.4, -0.2) is 25.0 Å². The zero-order chi connectivity index (χ0) is 13.7. The van der Waals surface area contributed by atoms with Crippen LogP contribution >= 0.6 is 23.2 Å². The molecule has 0 heterocycles. The van der Waals surface area contributed by atoms with Gasteiger partial charge in [-0.05, 0) is 12.1 Å². The van der Waals surface area contributed by atoms with Gasteiger partial charge in [0.05, 0.1) is 15.7 Å². The third-order valence-electron chi connectivity index (χ3n) is 2.03. The number of carbonyl (C=O) groups excluding carboxylic acids is 2. The van der Waals surface area contributed by atoms with Gasteiger partial charge in [-0.15, -0.1) is 0 Å². The maximum absolute atomic E-state index is 11.7. The molecule has 6 N–H and O–H groups in total. The number of carbonyl (C=O) groups is 2. The smallest absolute Gasteiger partial charge is 0.312 e. The molecular formula is C10H12Cl2N4O2. The molecule has 0 fully saturated rings. The number of urea groups is 1. The molecule has 0 bridgehead atoms. The predicted octanol–water partition coefficient (Wildman–Crippen LogP) is 0.974. The van der Waals surface area contributed by atoms with Crippen LogP contribution in [0, 0.1) is 0 Å². The predicted molar refractivity (Wildman–Crippen MR) is 70.8 cm³/mol. The van der Waals surface area contributed by atoms with Gasteiger partial charge < -0.3 is 22.1 Å². The van der Waals surface area contributed by atoms with Crippen LogP contribution in [0.4, 0.5) is 10.5 Å². The number of nitrogen functional groups attached to an aromatic ring is 1. The number of amides is 3. The number of nitrogens with two attached hydrogens (primary N) is 2. The molecule has 0 spiro atoms. The Morgan fingerprint density at radius 2 is 1.78 bits per heavy atom. The minimum absolute atomic E-state index is 0.206. The Kier molecular flexibility index (Phi) is 5.06. The molecule has 98 valence electrons. The summed E-state index contributed by atoms with van der Waals surface area (Å²) < 4.78 is 0. The highest BCUT2D eigenvalue weighted by Crippen LogP contribution is 2.29. The Morgan fingerprint density at radius 3 is 2.33 bits per heavy atom. The quantitative estimate of drug-likeness (QED) is 0.490. The van der Waals surface area contributed by atoms with Gasteiger partial charge in [-0.25, -0.2) is 4.79 Å². The van der Waals surface area contributed by atoms with Gasteiger partial charge in [0, 0.05) is 18.7 Å². The van der Waals surface area contributed by atoms with E-state index < -0.39 is 6.03 Å². The molecule has 6 nitrogen and oxygen atoms in total. The molecule has 1 aromatic rings. The minimum Gasteiger partial charge on any atom is -0.397 e. The largest absolute Gasteiger partial charge is 0.397 e. The second-order valence-corrected chi connectivity index (χ2v) is 4.19. The Bertz CT molecular complexity index is 456. The summed E-state index contributed by atoms with van der Waals surface area (Å²) in [6, 6.07) is 2.19. The normalized spacial score (nSPS) is 9.89. The van der Waals surface area contributed by atoms with Crippen molar-refractivity contribution in [3.8, 4) is 0 Å². The lowest BCUT2D eigenvalue weighted by atomic mass is 10.2. The van der Waals surface area contributed by atoms with Crippen LogP contribution in [0.5, 0.6) is 0 Å². The Balaban J connectivity index is 2.59. The number of benzene rings is 1. The number of primary amides is 1. The summed E-state index contributed by atoms with van der Waals surface area (Å²) in [5, 5.41) is 5.32. The summed E-state index contributed by atoms with van der Waals surface area (Å²) in [5.41, 5.74) is 11.0. The van der Waals surface area contributed by atoms with Crippen molar-refractivity contribution in [1.82, 2.24) is 10.6 Å². The summed E-state index contributed by atoms with van der Waals surface area (Å²) in [4.78, 5) is 22.1. The molecule has 0 aliphatic heterocycles. The Morgan fingerprint density at radius 1 is 1.17 bits per heavy atom. The third-order valence-corrected chi connectivity index (χ3v) is 2.84. The maximum atomic E-state index is 11.7. The topological polar surface area (TPSA) is 110 Å². The van der Waals surface area contributed by atoms with Gasteiger partial charge in [0.25, 0.3) is 5.91 Å². The number of hydrogen-bond donors (Lipinski definition) is 4. The van der Waals surface area contributed by atoms with Crippen molar-refractivity contribution in [3.63, 3.8) is 0 Å². The van der Waals surface area contributed by atoms with E-state index >= 15 is 0 Å². The average Bonchev–Trinajstić information content (AvgIpc) is 2.30. The van der Waals surface area contributed by atoms with Crippen molar-refractivity contribution < 1.29 is 9.59 Å². The molecule has 0 aliphatic carbocycles. The molecule has 0 saturated carbocycles. The van der Waals surface area contributed by atoms with E-state index in [1.807, 2.05) is 0 Å². The first kappa shape index (κ1) is 14.4. The van der Waals surface area contributed by atoms with Crippen LogP contribution in [-0.2, 0) is 0 Å². The van der Waals surface area contributed by atoms with E-state index in [4.69, 9.17) is 34.7 Å². The first-order valence-electron chi connectivity index (χ1n) is 4.98. The van der Waals surface area contributed by atoms with Gasteiger partial charge >= 0.3 is 6.03 Å². The summed E-state index contributed by atoms with van der Waals surface area (Å²) in [6.45, 7) is 0.472. The Hall–Kier alpha value is -1.66. The van der Waals surface area contributed by atoms with Gasteiger partial charge in [-0.3, -0.25) is 4.79 Å². The van der Waals surface area contributed by atoms with E-state index in [2.05, 4.69) is 10.6 Å². The number of anilines is 1. The lowest BCUT2D eigenvalue weighted by molar-refractivity contribution is 0.0954. The van der Waals surface area contributed by atoms with Crippen LogP contribution in [0.2, 0.25) is 10.0 Å². The molecule has 0 aromatic heterocycles. The monoisotopic (exact) mass is 290 g/mol. The van der Waals surface area contributed by atoms with Gasteiger partial charge in [-0.2, -0.15) is 0 Å². The van der Waals surface area contributed by atoms with Crippen molar-refractivity contribution in [2.75, 3.05) is 18.8 Å². The summed E-state index contributed by atoms with van der Waals surface area (Å²) in [5.74, 6) is -0.369. The number of rotatable bonds is 4. The molecular weight excluding hydrogens is 279 g/mol. The SMILES string of the molecule is NC(=O)NCCNC(=O)c1cc(N)c(Cl)c(Cl)c1. The highest BCUT2D eigenvalue weighted by molar-refractivity contribution is 6.43. The van der Waals surface area contributed by atoms with E-state index in [0.29, 0.717) is 5.56 Å². The standard InChI is InChI=1S/C10H12Cl2N4O2/c11-6-3-5(4-7(13)8(6)12)9(17)15-1-2-16-10(14)18/h3-4H,1-2,13H2,(H,15,17)(H3,14,16,18). The average molecular weight is 291 g/mol. The second-order valence-electron chi connectivity index (χ2n) is 3.41. The summed E-state index contributed by atoms with van der Waals surface area (Å²) >= 11 is 11.6. The van der Waals surface area contributed by atoms with Crippen molar-refractivity contribution in [2.45, 2.75) is 0 Å². The van der Waals surface area contributed by atoms with Gasteiger partial charge in [0.15, 0.2) is 0 Å². The highest BCUT2D eigenvalue weighted by atomic mass is 35.5. The first-order chi connectivity index (χ1) is 8.41. The molecule has 18 heavy (non-hydrogen) atoms. The van der Waals surface area contributed by atoms with Crippen molar-refractivity contribution in [1.29, 1.82) is 0 Å². The van der Waals surface area contributed by atoms with Gasteiger partial charge in [0.1, 0.15) is 0 Å². The number of hydrogen-bond acceptors (Lipinski definition) is 3.